The van der Waals surface area contributed by atoms with Gasteiger partial charge in [0.15, 0.2) is 0 Å². The molecule has 1 aliphatic rings. The second-order valence-electron chi connectivity index (χ2n) is 6.47. The molecule has 1 amide bonds. The second-order valence-corrected chi connectivity index (χ2v) is 6.47. The molecule has 0 aliphatic carbocycles. The van der Waals surface area contributed by atoms with E-state index in [1.54, 1.807) is 0 Å². The number of amides is 1. The number of aryl methyl sites for hydroxylation is 1. The predicted octanol–water partition coefficient (Wildman–Crippen LogP) is 2.17. The third-order valence-electron chi connectivity index (χ3n) is 4.66. The van der Waals surface area contributed by atoms with Gasteiger partial charge >= 0.3 is 0 Å². The van der Waals surface area contributed by atoms with Crippen LogP contribution in [-0.4, -0.2) is 30.4 Å². The topological polar surface area (TPSA) is 58.4 Å². The van der Waals surface area contributed by atoms with Crippen LogP contribution < -0.4 is 11.1 Å². The number of rotatable bonds is 5. The van der Waals surface area contributed by atoms with Crippen molar-refractivity contribution in [3.63, 3.8) is 0 Å². The summed E-state index contributed by atoms with van der Waals surface area (Å²) in [7, 11) is 0. The highest BCUT2D eigenvalue weighted by atomic mass is 16.2. The first-order chi connectivity index (χ1) is 11.6. The zero-order chi connectivity index (χ0) is 16.9. The van der Waals surface area contributed by atoms with Crippen molar-refractivity contribution in [1.82, 2.24) is 10.2 Å². The molecule has 0 fully saturated rings. The minimum atomic E-state index is -0.604. The standard InChI is InChI=1S/C20H25N3O/c1-15-6-8-17(9-7-15)19(21)20(24)22-11-13-23-12-10-16-4-2-3-5-18(16)14-23/h2-9,19H,10-14,21H2,1H3,(H,22,24). The van der Waals surface area contributed by atoms with Gasteiger partial charge in [0.1, 0.15) is 6.04 Å². The van der Waals surface area contributed by atoms with Crippen molar-refractivity contribution in [3.8, 4) is 0 Å². The van der Waals surface area contributed by atoms with Gasteiger partial charge in [-0.2, -0.15) is 0 Å². The van der Waals surface area contributed by atoms with E-state index in [4.69, 9.17) is 5.73 Å². The zero-order valence-electron chi connectivity index (χ0n) is 14.2. The Morgan fingerprint density at radius 2 is 1.88 bits per heavy atom. The molecular weight excluding hydrogens is 298 g/mol. The Bertz CT molecular complexity index is 696. The molecule has 0 bridgehead atoms. The molecule has 0 saturated heterocycles. The van der Waals surface area contributed by atoms with Crippen LogP contribution in [0.2, 0.25) is 0 Å². The first kappa shape index (κ1) is 16.7. The van der Waals surface area contributed by atoms with Crippen molar-refractivity contribution in [2.45, 2.75) is 25.9 Å². The van der Waals surface area contributed by atoms with Crippen molar-refractivity contribution in [1.29, 1.82) is 0 Å². The number of nitrogens with two attached hydrogens (primary N) is 1. The van der Waals surface area contributed by atoms with Crippen molar-refractivity contribution in [2.75, 3.05) is 19.6 Å². The number of carbonyl (C=O) groups is 1. The molecule has 0 spiro atoms. The highest BCUT2D eigenvalue weighted by Gasteiger charge is 2.17. The summed E-state index contributed by atoms with van der Waals surface area (Å²) >= 11 is 0. The molecule has 1 atom stereocenters. The third kappa shape index (κ3) is 4.02. The lowest BCUT2D eigenvalue weighted by atomic mass is 10.00. The van der Waals surface area contributed by atoms with Gasteiger partial charge in [0.2, 0.25) is 5.91 Å². The molecule has 4 heteroatoms. The fourth-order valence-electron chi connectivity index (χ4n) is 3.12. The summed E-state index contributed by atoms with van der Waals surface area (Å²) in [5.41, 5.74) is 10.9. The second kappa shape index (κ2) is 7.60. The summed E-state index contributed by atoms with van der Waals surface area (Å²) in [6, 6.07) is 15.8. The van der Waals surface area contributed by atoms with Gasteiger partial charge in [0.05, 0.1) is 0 Å². The summed E-state index contributed by atoms with van der Waals surface area (Å²) in [6.07, 6.45) is 1.08. The van der Waals surface area contributed by atoms with Crippen molar-refractivity contribution in [3.05, 3.63) is 70.8 Å². The summed E-state index contributed by atoms with van der Waals surface area (Å²) in [6.45, 7) is 5.49. The molecule has 0 saturated carbocycles. The Morgan fingerprint density at radius 1 is 1.17 bits per heavy atom. The number of fused-ring (bicyclic) bond motifs is 1. The number of nitrogens with one attached hydrogen (secondary N) is 1. The van der Waals surface area contributed by atoms with Gasteiger partial charge in [-0.3, -0.25) is 9.69 Å². The molecular formula is C20H25N3O. The largest absolute Gasteiger partial charge is 0.353 e. The average Bonchev–Trinajstić information content (AvgIpc) is 2.61. The molecule has 1 heterocycles. The number of hydrogen-bond acceptors (Lipinski definition) is 3. The zero-order valence-corrected chi connectivity index (χ0v) is 14.2. The minimum Gasteiger partial charge on any atom is -0.353 e. The van der Waals surface area contributed by atoms with Crippen LogP contribution in [0.15, 0.2) is 48.5 Å². The van der Waals surface area contributed by atoms with E-state index < -0.39 is 6.04 Å². The fraction of sp³-hybridized carbons (Fsp3) is 0.350. The lowest BCUT2D eigenvalue weighted by Crippen LogP contribution is -2.40. The molecule has 126 valence electrons. The highest BCUT2D eigenvalue weighted by molar-refractivity contribution is 5.82. The van der Waals surface area contributed by atoms with Crippen LogP contribution in [0.5, 0.6) is 0 Å². The summed E-state index contributed by atoms with van der Waals surface area (Å²) in [5, 5.41) is 2.96. The van der Waals surface area contributed by atoms with Crippen LogP contribution in [0.3, 0.4) is 0 Å². The SMILES string of the molecule is Cc1ccc(C(N)C(=O)NCCN2CCc3ccccc3C2)cc1. The van der Waals surface area contributed by atoms with E-state index in [-0.39, 0.29) is 5.91 Å². The smallest absolute Gasteiger partial charge is 0.241 e. The summed E-state index contributed by atoms with van der Waals surface area (Å²) < 4.78 is 0. The average molecular weight is 323 g/mol. The molecule has 3 rings (SSSR count). The molecule has 1 aliphatic heterocycles. The van der Waals surface area contributed by atoms with Crippen molar-refractivity contribution >= 4 is 5.91 Å². The van der Waals surface area contributed by atoms with E-state index >= 15 is 0 Å². The van der Waals surface area contributed by atoms with Crippen LogP contribution in [0.4, 0.5) is 0 Å². The maximum Gasteiger partial charge on any atom is 0.241 e. The van der Waals surface area contributed by atoms with E-state index in [1.165, 1.54) is 11.1 Å². The molecule has 24 heavy (non-hydrogen) atoms. The Kier molecular flexibility index (Phi) is 5.28. The van der Waals surface area contributed by atoms with Gasteiger partial charge in [0, 0.05) is 26.2 Å². The van der Waals surface area contributed by atoms with Gasteiger partial charge in [-0.1, -0.05) is 54.1 Å². The number of carbonyl (C=O) groups excluding carboxylic acids is 1. The Hall–Kier alpha value is -2.17. The lowest BCUT2D eigenvalue weighted by molar-refractivity contribution is -0.122. The fourth-order valence-corrected chi connectivity index (χ4v) is 3.12. The lowest BCUT2D eigenvalue weighted by Gasteiger charge is -2.28. The van der Waals surface area contributed by atoms with Crippen LogP contribution >= 0.6 is 0 Å². The molecule has 0 radical (unpaired) electrons. The summed E-state index contributed by atoms with van der Waals surface area (Å²) in [5.74, 6) is -0.115. The first-order valence-electron chi connectivity index (χ1n) is 8.52. The normalized spacial score (nSPS) is 15.6. The first-order valence-corrected chi connectivity index (χ1v) is 8.52. The van der Waals surface area contributed by atoms with E-state index in [1.807, 2.05) is 31.2 Å². The van der Waals surface area contributed by atoms with Crippen LogP contribution in [0, 0.1) is 6.92 Å². The highest BCUT2D eigenvalue weighted by Crippen LogP contribution is 2.18. The van der Waals surface area contributed by atoms with Crippen LogP contribution in [0.1, 0.15) is 28.3 Å². The third-order valence-corrected chi connectivity index (χ3v) is 4.66. The van der Waals surface area contributed by atoms with E-state index in [9.17, 15) is 4.79 Å². The Morgan fingerprint density at radius 3 is 2.62 bits per heavy atom. The molecule has 4 nitrogen and oxygen atoms in total. The molecule has 0 aromatic heterocycles. The minimum absolute atomic E-state index is 0.115. The quantitative estimate of drug-likeness (QED) is 0.886. The van der Waals surface area contributed by atoms with E-state index in [2.05, 4.69) is 34.5 Å². The van der Waals surface area contributed by atoms with Gasteiger partial charge < -0.3 is 11.1 Å². The van der Waals surface area contributed by atoms with Gasteiger partial charge in [0.25, 0.3) is 0 Å². The Labute approximate surface area is 143 Å². The van der Waals surface area contributed by atoms with Gasteiger partial charge in [-0.05, 0) is 30.0 Å². The summed E-state index contributed by atoms with van der Waals surface area (Å²) in [4.78, 5) is 14.6. The number of hydrogen-bond donors (Lipinski definition) is 2. The van der Waals surface area contributed by atoms with E-state index in [0.29, 0.717) is 6.54 Å². The maximum absolute atomic E-state index is 12.2. The molecule has 2 aromatic rings. The Balaban J connectivity index is 1.46. The van der Waals surface area contributed by atoms with E-state index in [0.717, 1.165) is 37.2 Å². The van der Waals surface area contributed by atoms with Crippen LogP contribution in [0.25, 0.3) is 0 Å². The predicted molar refractivity (Wildman–Crippen MR) is 96.5 cm³/mol. The number of benzene rings is 2. The molecule has 2 aromatic carbocycles. The van der Waals surface area contributed by atoms with Gasteiger partial charge in [-0.15, -0.1) is 0 Å². The van der Waals surface area contributed by atoms with Crippen LogP contribution in [-0.2, 0) is 17.8 Å². The number of nitrogens with zero attached hydrogens (tertiary/aromatic N) is 1. The monoisotopic (exact) mass is 323 g/mol. The molecule has 3 N–H and O–H groups in total. The van der Waals surface area contributed by atoms with Crippen molar-refractivity contribution in [2.24, 2.45) is 5.73 Å². The maximum atomic E-state index is 12.2. The molecule has 1 unspecified atom stereocenters. The van der Waals surface area contributed by atoms with Crippen molar-refractivity contribution < 1.29 is 4.79 Å². The van der Waals surface area contributed by atoms with Gasteiger partial charge in [-0.25, -0.2) is 0 Å².